The fourth-order valence-corrected chi connectivity index (χ4v) is 1.48. The molecule has 1 aromatic heterocycles. The quantitative estimate of drug-likeness (QED) is 0.812. The lowest BCUT2D eigenvalue weighted by Crippen LogP contribution is -2.12. The van der Waals surface area contributed by atoms with E-state index in [4.69, 9.17) is 0 Å². The van der Waals surface area contributed by atoms with Gasteiger partial charge in [0.15, 0.2) is 0 Å². The van der Waals surface area contributed by atoms with Gasteiger partial charge < -0.3 is 15.0 Å². The number of hydrogen-bond donors (Lipinski definition) is 2. The van der Waals surface area contributed by atoms with Crippen molar-refractivity contribution in [1.29, 1.82) is 0 Å². The Morgan fingerprint density at radius 1 is 1.17 bits per heavy atom. The van der Waals surface area contributed by atoms with Gasteiger partial charge in [-0.05, 0) is 36.4 Å². The van der Waals surface area contributed by atoms with Crippen LogP contribution in [-0.4, -0.2) is 24.0 Å². The lowest BCUT2D eigenvalue weighted by atomic mass is 10.2. The fourth-order valence-electron chi connectivity index (χ4n) is 1.48. The molecule has 0 unspecified atom stereocenters. The van der Waals surface area contributed by atoms with Gasteiger partial charge in [0.05, 0.1) is 12.7 Å². The van der Waals surface area contributed by atoms with E-state index in [-0.39, 0.29) is 5.91 Å². The SMILES string of the molecule is COC(=O)c1ccc(NC(=O)c2ccc[nH]2)cc1. The van der Waals surface area contributed by atoms with Gasteiger partial charge in [-0.1, -0.05) is 0 Å². The summed E-state index contributed by atoms with van der Waals surface area (Å²) < 4.78 is 4.58. The Morgan fingerprint density at radius 3 is 2.44 bits per heavy atom. The molecule has 2 rings (SSSR count). The number of benzene rings is 1. The predicted molar refractivity (Wildman–Crippen MR) is 66.5 cm³/mol. The van der Waals surface area contributed by atoms with E-state index in [0.29, 0.717) is 16.9 Å². The Hall–Kier alpha value is -2.56. The van der Waals surface area contributed by atoms with Crippen LogP contribution in [0.1, 0.15) is 20.8 Å². The zero-order valence-electron chi connectivity index (χ0n) is 9.77. The summed E-state index contributed by atoms with van der Waals surface area (Å²) in [5, 5.41) is 2.71. The molecule has 5 nitrogen and oxygen atoms in total. The van der Waals surface area contributed by atoms with E-state index < -0.39 is 5.97 Å². The standard InChI is InChI=1S/C13H12N2O3/c1-18-13(17)9-4-6-10(7-5-9)15-12(16)11-3-2-8-14-11/h2-8,14H,1H3,(H,15,16). The van der Waals surface area contributed by atoms with Gasteiger partial charge in [-0.2, -0.15) is 0 Å². The number of H-pyrrole nitrogens is 1. The Morgan fingerprint density at radius 2 is 1.89 bits per heavy atom. The second-order valence-electron chi connectivity index (χ2n) is 3.61. The predicted octanol–water partition coefficient (Wildman–Crippen LogP) is 2.05. The van der Waals surface area contributed by atoms with Gasteiger partial charge in [0.25, 0.3) is 5.91 Å². The third kappa shape index (κ3) is 2.57. The maximum Gasteiger partial charge on any atom is 0.337 e. The maximum absolute atomic E-state index is 11.7. The van der Waals surface area contributed by atoms with Crippen molar-refractivity contribution < 1.29 is 14.3 Å². The highest BCUT2D eigenvalue weighted by Gasteiger charge is 2.08. The number of carbonyl (C=O) groups excluding carboxylic acids is 2. The van der Waals surface area contributed by atoms with Crippen molar-refractivity contribution in [3.8, 4) is 0 Å². The highest BCUT2D eigenvalue weighted by Crippen LogP contribution is 2.11. The minimum atomic E-state index is -0.405. The molecule has 0 aliphatic rings. The summed E-state index contributed by atoms with van der Waals surface area (Å²) in [6.07, 6.45) is 1.68. The van der Waals surface area contributed by atoms with Gasteiger partial charge in [0.2, 0.25) is 0 Å². The maximum atomic E-state index is 11.7. The third-order valence-electron chi connectivity index (χ3n) is 2.41. The van der Waals surface area contributed by atoms with Crippen molar-refractivity contribution in [2.24, 2.45) is 0 Å². The first-order valence-corrected chi connectivity index (χ1v) is 5.34. The molecule has 92 valence electrons. The van der Waals surface area contributed by atoms with Gasteiger partial charge in [0.1, 0.15) is 5.69 Å². The largest absolute Gasteiger partial charge is 0.465 e. The number of rotatable bonds is 3. The van der Waals surface area contributed by atoms with Gasteiger partial charge in [0, 0.05) is 11.9 Å². The topological polar surface area (TPSA) is 71.2 Å². The summed E-state index contributed by atoms with van der Waals surface area (Å²) in [5.41, 5.74) is 1.53. The smallest absolute Gasteiger partial charge is 0.337 e. The minimum absolute atomic E-state index is 0.231. The minimum Gasteiger partial charge on any atom is -0.465 e. The van der Waals surface area contributed by atoms with Crippen molar-refractivity contribution in [2.45, 2.75) is 0 Å². The summed E-state index contributed by atoms with van der Waals surface area (Å²) in [5.74, 6) is -0.636. The van der Waals surface area contributed by atoms with Crippen LogP contribution >= 0.6 is 0 Å². The van der Waals surface area contributed by atoms with Crippen molar-refractivity contribution in [1.82, 2.24) is 4.98 Å². The zero-order valence-corrected chi connectivity index (χ0v) is 9.77. The van der Waals surface area contributed by atoms with E-state index in [1.54, 1.807) is 42.6 Å². The summed E-state index contributed by atoms with van der Waals surface area (Å²) in [4.78, 5) is 25.7. The second kappa shape index (κ2) is 5.18. The van der Waals surface area contributed by atoms with Crippen molar-refractivity contribution >= 4 is 17.6 Å². The number of aromatic nitrogens is 1. The monoisotopic (exact) mass is 244 g/mol. The molecule has 0 saturated heterocycles. The normalized spacial score (nSPS) is 9.83. The summed E-state index contributed by atoms with van der Waals surface area (Å²) in [6, 6.07) is 9.90. The molecule has 0 aliphatic carbocycles. The third-order valence-corrected chi connectivity index (χ3v) is 2.41. The number of nitrogens with one attached hydrogen (secondary N) is 2. The molecule has 0 radical (unpaired) electrons. The van der Waals surface area contributed by atoms with E-state index in [2.05, 4.69) is 15.0 Å². The van der Waals surface area contributed by atoms with Crippen molar-refractivity contribution in [2.75, 3.05) is 12.4 Å². The first-order chi connectivity index (χ1) is 8.70. The molecule has 5 heteroatoms. The molecular weight excluding hydrogens is 232 g/mol. The molecule has 0 atom stereocenters. The molecular formula is C13H12N2O3. The van der Waals surface area contributed by atoms with Crippen LogP contribution in [0, 0.1) is 0 Å². The molecule has 0 bridgehead atoms. The van der Waals surface area contributed by atoms with E-state index in [1.807, 2.05) is 0 Å². The number of carbonyl (C=O) groups is 2. The Labute approximate surface area is 104 Å². The van der Waals surface area contributed by atoms with Gasteiger partial charge in [-0.25, -0.2) is 4.79 Å². The molecule has 1 amide bonds. The van der Waals surface area contributed by atoms with E-state index >= 15 is 0 Å². The van der Waals surface area contributed by atoms with Crippen LogP contribution in [0.15, 0.2) is 42.6 Å². The van der Waals surface area contributed by atoms with Crippen LogP contribution in [0.5, 0.6) is 0 Å². The summed E-state index contributed by atoms with van der Waals surface area (Å²) in [6.45, 7) is 0. The number of anilines is 1. The Kier molecular flexibility index (Phi) is 3.43. The molecule has 0 fully saturated rings. The first-order valence-electron chi connectivity index (χ1n) is 5.34. The number of hydrogen-bond acceptors (Lipinski definition) is 3. The summed E-state index contributed by atoms with van der Waals surface area (Å²) >= 11 is 0. The lowest BCUT2D eigenvalue weighted by molar-refractivity contribution is 0.0600. The van der Waals surface area contributed by atoms with E-state index in [0.717, 1.165) is 0 Å². The van der Waals surface area contributed by atoms with Crippen LogP contribution < -0.4 is 5.32 Å². The highest BCUT2D eigenvalue weighted by molar-refractivity contribution is 6.03. The van der Waals surface area contributed by atoms with Gasteiger partial charge in [-0.15, -0.1) is 0 Å². The zero-order chi connectivity index (χ0) is 13.0. The molecule has 1 heterocycles. The molecule has 0 aliphatic heterocycles. The molecule has 2 N–H and O–H groups in total. The fraction of sp³-hybridized carbons (Fsp3) is 0.0769. The Bertz CT molecular complexity index is 544. The number of esters is 1. The number of aromatic amines is 1. The van der Waals surface area contributed by atoms with E-state index in [1.165, 1.54) is 7.11 Å². The first kappa shape index (κ1) is 11.9. The lowest BCUT2D eigenvalue weighted by Gasteiger charge is -2.04. The summed E-state index contributed by atoms with van der Waals surface area (Å²) in [7, 11) is 1.32. The average molecular weight is 244 g/mol. The van der Waals surface area contributed by atoms with Crippen molar-refractivity contribution in [3.05, 3.63) is 53.9 Å². The molecule has 0 saturated carbocycles. The highest BCUT2D eigenvalue weighted by atomic mass is 16.5. The van der Waals surface area contributed by atoms with Crippen LogP contribution in [0.3, 0.4) is 0 Å². The van der Waals surface area contributed by atoms with Gasteiger partial charge in [-0.3, -0.25) is 4.79 Å². The number of ether oxygens (including phenoxy) is 1. The molecule has 18 heavy (non-hydrogen) atoms. The molecule has 2 aromatic rings. The van der Waals surface area contributed by atoms with Crippen LogP contribution in [0.25, 0.3) is 0 Å². The van der Waals surface area contributed by atoms with Crippen molar-refractivity contribution in [3.63, 3.8) is 0 Å². The number of amides is 1. The number of methoxy groups -OCH3 is 1. The molecule has 0 spiro atoms. The average Bonchev–Trinajstić information content (AvgIpc) is 2.92. The molecule has 1 aromatic carbocycles. The second-order valence-corrected chi connectivity index (χ2v) is 3.61. The van der Waals surface area contributed by atoms with Gasteiger partial charge >= 0.3 is 5.97 Å². The van der Waals surface area contributed by atoms with E-state index in [9.17, 15) is 9.59 Å². The van der Waals surface area contributed by atoms with Crippen LogP contribution in [-0.2, 0) is 4.74 Å². The van der Waals surface area contributed by atoms with Crippen LogP contribution in [0.4, 0.5) is 5.69 Å². The van der Waals surface area contributed by atoms with Crippen LogP contribution in [0.2, 0.25) is 0 Å². The Balaban J connectivity index is 2.07.